The molecule has 0 bridgehead atoms. The second-order valence-corrected chi connectivity index (χ2v) is 3.75. The zero-order valence-corrected chi connectivity index (χ0v) is 8.21. The van der Waals surface area contributed by atoms with E-state index in [-0.39, 0.29) is 11.9 Å². The Hall–Kier alpha value is -1.51. The number of nitrogens with one attached hydrogen (secondary N) is 1. The number of carbonyl (C=O) groups is 1. The van der Waals surface area contributed by atoms with Gasteiger partial charge in [0.2, 0.25) is 5.91 Å². The van der Waals surface area contributed by atoms with Crippen LogP contribution in [0, 0.1) is 0 Å². The van der Waals surface area contributed by atoms with Crippen LogP contribution >= 0.6 is 0 Å². The molecule has 0 spiro atoms. The monoisotopic (exact) mass is 190 g/mol. The summed E-state index contributed by atoms with van der Waals surface area (Å²) in [5.41, 5.74) is 8.97. The van der Waals surface area contributed by atoms with Crippen molar-refractivity contribution >= 4 is 11.6 Å². The van der Waals surface area contributed by atoms with Crippen LogP contribution in [0.15, 0.2) is 18.2 Å². The summed E-state index contributed by atoms with van der Waals surface area (Å²) in [7, 11) is 0. The molecule has 1 atom stereocenters. The van der Waals surface area contributed by atoms with Crippen LogP contribution < -0.4 is 11.1 Å². The maximum atomic E-state index is 10.9. The van der Waals surface area contributed by atoms with E-state index in [1.54, 1.807) is 6.92 Å². The largest absolute Gasteiger partial charge is 0.399 e. The van der Waals surface area contributed by atoms with Gasteiger partial charge in [0.15, 0.2) is 0 Å². The fourth-order valence-electron chi connectivity index (χ4n) is 2.03. The molecule has 3 nitrogen and oxygen atoms in total. The van der Waals surface area contributed by atoms with Gasteiger partial charge in [-0.3, -0.25) is 4.79 Å². The Balaban J connectivity index is 2.26. The predicted molar refractivity (Wildman–Crippen MR) is 55.7 cm³/mol. The Labute approximate surface area is 83.3 Å². The van der Waals surface area contributed by atoms with Gasteiger partial charge < -0.3 is 11.1 Å². The van der Waals surface area contributed by atoms with Crippen LogP contribution in [0.5, 0.6) is 0 Å². The number of hydrogen-bond donors (Lipinski definition) is 2. The van der Waals surface area contributed by atoms with Crippen molar-refractivity contribution in [2.75, 3.05) is 5.73 Å². The van der Waals surface area contributed by atoms with E-state index in [4.69, 9.17) is 5.73 Å². The molecule has 1 aromatic rings. The van der Waals surface area contributed by atoms with Gasteiger partial charge in [-0.25, -0.2) is 0 Å². The average molecular weight is 190 g/mol. The third-order valence-corrected chi connectivity index (χ3v) is 2.62. The normalized spacial score (nSPS) is 19.1. The van der Waals surface area contributed by atoms with Gasteiger partial charge in [-0.2, -0.15) is 0 Å². The van der Waals surface area contributed by atoms with Crippen molar-refractivity contribution in [3.05, 3.63) is 29.3 Å². The van der Waals surface area contributed by atoms with Gasteiger partial charge in [0, 0.05) is 12.6 Å². The molecule has 0 radical (unpaired) electrons. The van der Waals surface area contributed by atoms with Crippen molar-refractivity contribution in [3.63, 3.8) is 0 Å². The highest BCUT2D eigenvalue weighted by Gasteiger charge is 2.22. The summed E-state index contributed by atoms with van der Waals surface area (Å²) in [5, 5.41) is 2.94. The zero-order valence-electron chi connectivity index (χ0n) is 8.21. The summed E-state index contributed by atoms with van der Waals surface area (Å²) in [6.07, 6.45) is 1.99. The van der Waals surface area contributed by atoms with Gasteiger partial charge in [-0.05, 0) is 36.1 Å². The van der Waals surface area contributed by atoms with E-state index >= 15 is 0 Å². The van der Waals surface area contributed by atoms with E-state index in [1.165, 1.54) is 11.1 Å². The molecule has 74 valence electrons. The smallest absolute Gasteiger partial charge is 0.217 e. The van der Waals surface area contributed by atoms with Crippen molar-refractivity contribution in [1.82, 2.24) is 5.32 Å². The van der Waals surface area contributed by atoms with Gasteiger partial charge in [-0.15, -0.1) is 0 Å². The molecule has 0 saturated carbocycles. The highest BCUT2D eigenvalue weighted by atomic mass is 16.1. The first-order valence-corrected chi connectivity index (χ1v) is 4.82. The molecule has 1 aromatic carbocycles. The quantitative estimate of drug-likeness (QED) is 0.657. The van der Waals surface area contributed by atoms with Gasteiger partial charge >= 0.3 is 0 Å². The maximum Gasteiger partial charge on any atom is 0.217 e. The van der Waals surface area contributed by atoms with Gasteiger partial charge in [0.1, 0.15) is 0 Å². The molecule has 0 heterocycles. The molecule has 2 rings (SSSR count). The number of nitrogen functional groups attached to an aromatic ring is 1. The molecule has 0 aromatic heterocycles. The third kappa shape index (κ3) is 1.58. The van der Waals surface area contributed by atoms with Gasteiger partial charge in [-0.1, -0.05) is 6.07 Å². The number of hydrogen-bond acceptors (Lipinski definition) is 2. The maximum absolute atomic E-state index is 10.9. The van der Waals surface area contributed by atoms with Crippen LogP contribution in [-0.4, -0.2) is 5.91 Å². The minimum absolute atomic E-state index is 0.0275. The molecule has 3 heteroatoms. The van der Waals surface area contributed by atoms with Crippen LogP contribution in [0.3, 0.4) is 0 Å². The fourth-order valence-corrected chi connectivity index (χ4v) is 2.03. The summed E-state index contributed by atoms with van der Waals surface area (Å²) in [4.78, 5) is 10.9. The summed E-state index contributed by atoms with van der Waals surface area (Å²) in [6.45, 7) is 1.55. The van der Waals surface area contributed by atoms with E-state index in [0.29, 0.717) is 0 Å². The van der Waals surface area contributed by atoms with Crippen LogP contribution in [0.1, 0.15) is 30.5 Å². The molecule has 0 aliphatic heterocycles. The molecular formula is C11H14N2O. The Kier molecular flexibility index (Phi) is 2.15. The Morgan fingerprint density at radius 3 is 3.07 bits per heavy atom. The van der Waals surface area contributed by atoms with Crippen LogP contribution in [0.4, 0.5) is 5.69 Å². The molecular weight excluding hydrogens is 176 g/mol. The van der Waals surface area contributed by atoms with Crippen LogP contribution in [0.25, 0.3) is 0 Å². The molecule has 14 heavy (non-hydrogen) atoms. The summed E-state index contributed by atoms with van der Waals surface area (Å²) in [6, 6.07) is 6.08. The average Bonchev–Trinajstić information content (AvgIpc) is 2.47. The fraction of sp³-hybridized carbons (Fsp3) is 0.364. The lowest BCUT2D eigenvalue weighted by atomic mass is 10.1. The topological polar surface area (TPSA) is 55.1 Å². The highest BCUT2D eigenvalue weighted by molar-refractivity contribution is 5.73. The number of aryl methyl sites for hydroxylation is 1. The third-order valence-electron chi connectivity index (χ3n) is 2.62. The van der Waals surface area contributed by atoms with E-state index in [0.717, 1.165) is 18.5 Å². The summed E-state index contributed by atoms with van der Waals surface area (Å²) < 4.78 is 0. The van der Waals surface area contributed by atoms with Crippen LogP contribution in [-0.2, 0) is 11.2 Å². The summed E-state index contributed by atoms with van der Waals surface area (Å²) in [5.74, 6) is 0.0275. The standard InChI is InChI=1S/C11H14N2O/c1-7(14)13-11-5-2-8-6-9(12)3-4-10(8)11/h3-4,6,11H,2,5,12H2,1H3,(H,13,14)/t11-/m0/s1. The molecule has 1 aliphatic rings. The lowest BCUT2D eigenvalue weighted by molar-refractivity contribution is -0.119. The Morgan fingerprint density at radius 1 is 1.57 bits per heavy atom. The predicted octanol–water partition coefficient (Wildman–Crippen LogP) is 1.39. The lowest BCUT2D eigenvalue weighted by Crippen LogP contribution is -2.24. The number of rotatable bonds is 1. The number of fused-ring (bicyclic) bond motifs is 1. The number of carbonyl (C=O) groups excluding carboxylic acids is 1. The van der Waals surface area contributed by atoms with Crippen LogP contribution in [0.2, 0.25) is 0 Å². The SMILES string of the molecule is CC(=O)N[C@H]1CCc2cc(N)ccc21. The van der Waals surface area contributed by atoms with E-state index in [9.17, 15) is 4.79 Å². The highest BCUT2D eigenvalue weighted by Crippen LogP contribution is 2.32. The minimum atomic E-state index is 0.0275. The number of benzene rings is 1. The van der Waals surface area contributed by atoms with Crippen molar-refractivity contribution in [2.45, 2.75) is 25.8 Å². The second-order valence-electron chi connectivity index (χ2n) is 3.75. The first kappa shape index (κ1) is 9.06. The lowest BCUT2D eigenvalue weighted by Gasteiger charge is -2.12. The Morgan fingerprint density at radius 2 is 2.36 bits per heavy atom. The molecule has 1 aliphatic carbocycles. The van der Waals surface area contributed by atoms with E-state index in [1.807, 2.05) is 18.2 Å². The van der Waals surface area contributed by atoms with E-state index in [2.05, 4.69) is 5.32 Å². The van der Waals surface area contributed by atoms with Gasteiger partial charge in [0.25, 0.3) is 0 Å². The van der Waals surface area contributed by atoms with Crippen molar-refractivity contribution < 1.29 is 4.79 Å². The number of anilines is 1. The molecule has 0 unspecified atom stereocenters. The molecule has 1 amide bonds. The molecule has 0 fully saturated rings. The summed E-state index contributed by atoms with van der Waals surface area (Å²) >= 11 is 0. The van der Waals surface area contributed by atoms with Gasteiger partial charge in [0.05, 0.1) is 6.04 Å². The molecule has 3 N–H and O–H groups in total. The first-order chi connectivity index (χ1) is 6.66. The number of nitrogens with two attached hydrogens (primary N) is 1. The Bertz CT molecular complexity index is 374. The van der Waals surface area contributed by atoms with Crippen molar-refractivity contribution in [2.24, 2.45) is 0 Å². The zero-order chi connectivity index (χ0) is 10.1. The van der Waals surface area contributed by atoms with Crippen molar-refractivity contribution in [1.29, 1.82) is 0 Å². The second kappa shape index (κ2) is 3.33. The minimum Gasteiger partial charge on any atom is -0.399 e. The van der Waals surface area contributed by atoms with Crippen molar-refractivity contribution in [3.8, 4) is 0 Å². The number of amides is 1. The van der Waals surface area contributed by atoms with E-state index < -0.39 is 0 Å². The first-order valence-electron chi connectivity index (χ1n) is 4.82. The molecule has 0 saturated heterocycles.